The highest BCUT2D eigenvalue weighted by molar-refractivity contribution is 8.00. The molecule has 0 aromatic heterocycles. The van der Waals surface area contributed by atoms with Crippen molar-refractivity contribution >= 4 is 23.8 Å². The monoisotopic (exact) mass is 288 g/mol. The van der Waals surface area contributed by atoms with Gasteiger partial charge in [0.2, 0.25) is 0 Å². The molecule has 0 unspecified atom stereocenters. The minimum Gasteiger partial charge on any atom is -0.480 e. The third-order valence-corrected chi connectivity index (χ3v) is 4.80. The van der Waals surface area contributed by atoms with Crippen LogP contribution in [0, 0.1) is 0 Å². The highest BCUT2D eigenvalue weighted by atomic mass is 32.2. The summed E-state index contributed by atoms with van der Waals surface area (Å²) in [6.07, 6.45) is -0.621. The number of rotatable bonds is 1. The molecular formula is C12H20N2O4S. The van der Waals surface area contributed by atoms with Crippen LogP contribution in [-0.4, -0.2) is 74.3 Å². The van der Waals surface area contributed by atoms with E-state index in [1.54, 1.807) is 4.90 Å². The number of aliphatic carboxylic acids is 1. The molecule has 2 heterocycles. The van der Waals surface area contributed by atoms with Gasteiger partial charge in [0, 0.05) is 36.6 Å². The van der Waals surface area contributed by atoms with Gasteiger partial charge in [0.1, 0.15) is 6.04 Å². The van der Waals surface area contributed by atoms with Crippen LogP contribution in [0.5, 0.6) is 0 Å². The van der Waals surface area contributed by atoms with Crippen molar-refractivity contribution in [2.75, 3.05) is 25.4 Å². The molecule has 2 aliphatic heterocycles. The van der Waals surface area contributed by atoms with E-state index >= 15 is 0 Å². The molecule has 0 aromatic rings. The maximum absolute atomic E-state index is 12.4. The number of thioether (sulfide) groups is 1. The molecule has 7 heteroatoms. The van der Waals surface area contributed by atoms with E-state index in [9.17, 15) is 14.7 Å². The van der Waals surface area contributed by atoms with Gasteiger partial charge in [0.15, 0.2) is 0 Å². The third kappa shape index (κ3) is 3.14. The fourth-order valence-electron chi connectivity index (χ4n) is 2.62. The molecule has 0 aromatic carbocycles. The van der Waals surface area contributed by atoms with E-state index in [2.05, 4.69) is 13.8 Å². The van der Waals surface area contributed by atoms with E-state index in [1.807, 2.05) is 11.8 Å². The smallest absolute Gasteiger partial charge is 0.326 e. The van der Waals surface area contributed by atoms with Crippen LogP contribution in [0.1, 0.15) is 20.3 Å². The molecule has 0 bridgehead atoms. The summed E-state index contributed by atoms with van der Waals surface area (Å²) in [5.74, 6) is -0.192. The molecule has 2 rings (SSSR count). The lowest BCUT2D eigenvalue weighted by molar-refractivity contribution is -0.141. The summed E-state index contributed by atoms with van der Waals surface area (Å²) in [6.45, 7) is 5.50. The standard InChI is InChI=1S/C12H20N2O4S/c1-12(2)7-13(3-4-19-12)11(18)14-6-8(15)5-9(14)10(16)17/h8-9,15H,3-7H2,1-2H3,(H,16,17)/t8-,9-/m0/s1. The van der Waals surface area contributed by atoms with E-state index in [4.69, 9.17) is 5.11 Å². The van der Waals surface area contributed by atoms with Gasteiger partial charge in [0.25, 0.3) is 0 Å². The topological polar surface area (TPSA) is 81.1 Å². The summed E-state index contributed by atoms with van der Waals surface area (Å²) in [5.41, 5.74) is 0. The van der Waals surface area contributed by atoms with Crippen LogP contribution in [0.25, 0.3) is 0 Å². The predicted molar refractivity (Wildman–Crippen MR) is 72.3 cm³/mol. The largest absolute Gasteiger partial charge is 0.480 e. The maximum Gasteiger partial charge on any atom is 0.326 e. The Bertz CT molecular complexity index is 388. The number of nitrogens with zero attached hydrogens (tertiary/aromatic N) is 2. The number of β-amino-alcohol motifs (C(OH)–C–C–N with tert-alkyl or cyclic N) is 1. The lowest BCUT2D eigenvalue weighted by atomic mass is 10.2. The van der Waals surface area contributed by atoms with Crippen molar-refractivity contribution in [3.8, 4) is 0 Å². The van der Waals surface area contributed by atoms with Gasteiger partial charge in [-0.25, -0.2) is 9.59 Å². The molecule has 2 N–H and O–H groups in total. The Kier molecular flexibility index (Phi) is 3.96. The average molecular weight is 288 g/mol. The number of carbonyl (C=O) groups excluding carboxylic acids is 1. The van der Waals surface area contributed by atoms with Gasteiger partial charge < -0.3 is 20.0 Å². The molecule has 19 heavy (non-hydrogen) atoms. The zero-order valence-electron chi connectivity index (χ0n) is 11.2. The second kappa shape index (κ2) is 5.20. The van der Waals surface area contributed by atoms with Crippen molar-refractivity contribution in [2.45, 2.75) is 37.2 Å². The number of likely N-dealkylation sites (tertiary alicyclic amines) is 1. The Balaban J connectivity index is 2.08. The fourth-order valence-corrected chi connectivity index (χ4v) is 3.73. The summed E-state index contributed by atoms with van der Waals surface area (Å²) in [6, 6.07) is -1.17. The number of hydrogen-bond acceptors (Lipinski definition) is 4. The number of hydrogen-bond donors (Lipinski definition) is 2. The Morgan fingerprint density at radius 2 is 2.05 bits per heavy atom. The molecule has 0 aliphatic carbocycles. The normalized spacial score (nSPS) is 30.5. The van der Waals surface area contributed by atoms with Crippen LogP contribution >= 0.6 is 11.8 Å². The molecule has 6 nitrogen and oxygen atoms in total. The number of aliphatic hydroxyl groups is 1. The van der Waals surface area contributed by atoms with Crippen LogP contribution in [0.2, 0.25) is 0 Å². The summed E-state index contributed by atoms with van der Waals surface area (Å²) in [5, 5.41) is 18.7. The Hall–Kier alpha value is -0.950. The van der Waals surface area contributed by atoms with Gasteiger partial charge in [-0.05, 0) is 13.8 Å². The molecule has 2 atom stereocenters. The number of carboxylic acids is 1. The number of urea groups is 1. The van der Waals surface area contributed by atoms with Crippen molar-refractivity contribution < 1.29 is 19.8 Å². The first kappa shape index (κ1) is 14.5. The highest BCUT2D eigenvalue weighted by Crippen LogP contribution is 2.31. The number of amides is 2. The average Bonchev–Trinajstić information content (AvgIpc) is 2.69. The van der Waals surface area contributed by atoms with E-state index in [0.717, 1.165) is 5.75 Å². The molecule has 2 fully saturated rings. The quantitative estimate of drug-likeness (QED) is 0.732. The van der Waals surface area contributed by atoms with Crippen molar-refractivity contribution in [2.24, 2.45) is 0 Å². The van der Waals surface area contributed by atoms with Crippen LogP contribution < -0.4 is 0 Å². The molecule has 2 aliphatic rings. The Labute approximate surface area is 116 Å². The number of aliphatic hydroxyl groups excluding tert-OH is 1. The Morgan fingerprint density at radius 3 is 2.63 bits per heavy atom. The highest BCUT2D eigenvalue weighted by Gasteiger charge is 2.42. The zero-order chi connectivity index (χ0) is 14.2. The molecule has 2 saturated heterocycles. The molecule has 0 spiro atoms. The van der Waals surface area contributed by atoms with Gasteiger partial charge in [-0.2, -0.15) is 11.8 Å². The first-order valence-corrected chi connectivity index (χ1v) is 7.39. The van der Waals surface area contributed by atoms with Crippen molar-refractivity contribution in [3.63, 3.8) is 0 Å². The molecule has 2 amide bonds. The number of carboxylic acid groups (broad SMARTS) is 1. The van der Waals surface area contributed by atoms with Crippen LogP contribution in [0.3, 0.4) is 0 Å². The summed E-state index contributed by atoms with van der Waals surface area (Å²) < 4.78 is -0.00896. The van der Waals surface area contributed by atoms with E-state index in [0.29, 0.717) is 13.1 Å². The van der Waals surface area contributed by atoms with Gasteiger partial charge in [-0.1, -0.05) is 0 Å². The van der Waals surface area contributed by atoms with E-state index in [-0.39, 0.29) is 23.7 Å². The minimum absolute atomic E-state index is 0.00896. The van der Waals surface area contributed by atoms with Gasteiger partial charge in [0.05, 0.1) is 6.10 Å². The first-order valence-electron chi connectivity index (χ1n) is 6.40. The lowest BCUT2D eigenvalue weighted by Gasteiger charge is -2.39. The van der Waals surface area contributed by atoms with Crippen LogP contribution in [0.4, 0.5) is 4.79 Å². The second-order valence-corrected chi connectivity index (χ2v) is 7.51. The predicted octanol–water partition coefficient (Wildman–Crippen LogP) is 0.454. The maximum atomic E-state index is 12.4. The summed E-state index contributed by atoms with van der Waals surface area (Å²) >= 11 is 1.81. The Morgan fingerprint density at radius 1 is 1.37 bits per heavy atom. The van der Waals surface area contributed by atoms with Gasteiger partial charge in [-0.15, -0.1) is 0 Å². The first-order chi connectivity index (χ1) is 8.80. The van der Waals surface area contributed by atoms with Crippen LogP contribution in [0.15, 0.2) is 0 Å². The van der Waals surface area contributed by atoms with Crippen molar-refractivity contribution in [1.29, 1.82) is 0 Å². The second-order valence-electron chi connectivity index (χ2n) is 5.71. The summed E-state index contributed by atoms with van der Waals surface area (Å²) in [7, 11) is 0. The van der Waals surface area contributed by atoms with Gasteiger partial charge in [-0.3, -0.25) is 0 Å². The molecule has 0 radical (unpaired) electrons. The molecule has 0 saturated carbocycles. The SMILES string of the molecule is CC1(C)CN(C(=O)N2C[C@@H](O)C[C@H]2C(=O)O)CCS1. The van der Waals surface area contributed by atoms with E-state index < -0.39 is 18.1 Å². The van der Waals surface area contributed by atoms with Crippen LogP contribution in [-0.2, 0) is 4.79 Å². The number of carbonyl (C=O) groups is 2. The third-order valence-electron chi connectivity index (χ3n) is 3.51. The van der Waals surface area contributed by atoms with Crippen molar-refractivity contribution in [3.05, 3.63) is 0 Å². The van der Waals surface area contributed by atoms with Gasteiger partial charge >= 0.3 is 12.0 Å². The minimum atomic E-state index is -1.05. The molecular weight excluding hydrogens is 268 g/mol. The molecule has 108 valence electrons. The fraction of sp³-hybridized carbons (Fsp3) is 0.833. The zero-order valence-corrected chi connectivity index (χ0v) is 12.0. The van der Waals surface area contributed by atoms with Crippen molar-refractivity contribution in [1.82, 2.24) is 9.80 Å². The lowest BCUT2D eigenvalue weighted by Crippen LogP contribution is -2.53. The summed E-state index contributed by atoms with van der Waals surface area (Å²) in [4.78, 5) is 26.6. The van der Waals surface area contributed by atoms with E-state index in [1.165, 1.54) is 4.90 Å².